The molecule has 0 radical (unpaired) electrons. The number of rotatable bonds is 3. The standard InChI is InChI=1S/C10H17N3O3S/c1-10(3-2-4-16-6-10)13-9(15)8(14)12-5-7(11)17/h2-6H2,1H3,(H2,11,17)(H,12,14)(H,13,15). The number of hydrogen-bond acceptors (Lipinski definition) is 4. The van der Waals surface area contributed by atoms with E-state index < -0.39 is 17.4 Å². The molecule has 0 aromatic heterocycles. The Morgan fingerprint density at radius 2 is 2.18 bits per heavy atom. The zero-order chi connectivity index (χ0) is 12.9. The van der Waals surface area contributed by atoms with E-state index in [-0.39, 0.29) is 11.5 Å². The molecule has 0 saturated carbocycles. The predicted octanol–water partition coefficient (Wildman–Crippen LogP) is -0.926. The van der Waals surface area contributed by atoms with Crippen LogP contribution in [0.1, 0.15) is 19.8 Å². The van der Waals surface area contributed by atoms with E-state index in [1.807, 2.05) is 6.92 Å². The van der Waals surface area contributed by atoms with Crippen molar-refractivity contribution in [3.05, 3.63) is 0 Å². The Bertz CT molecular complexity index is 327. The van der Waals surface area contributed by atoms with Gasteiger partial charge in [-0.25, -0.2) is 0 Å². The summed E-state index contributed by atoms with van der Waals surface area (Å²) in [5.74, 6) is -1.42. The summed E-state index contributed by atoms with van der Waals surface area (Å²) in [5, 5.41) is 4.99. The summed E-state index contributed by atoms with van der Waals surface area (Å²) in [6.45, 7) is 2.99. The number of thiocarbonyl (C=S) groups is 1. The fourth-order valence-corrected chi connectivity index (χ4v) is 1.68. The molecule has 0 spiro atoms. The first kappa shape index (κ1) is 13.9. The van der Waals surface area contributed by atoms with Crippen molar-refractivity contribution in [2.45, 2.75) is 25.3 Å². The van der Waals surface area contributed by atoms with Crippen LogP contribution in [0.4, 0.5) is 0 Å². The van der Waals surface area contributed by atoms with Crippen molar-refractivity contribution in [2.75, 3.05) is 19.8 Å². The molecule has 7 heteroatoms. The minimum atomic E-state index is -0.732. The highest BCUT2D eigenvalue weighted by molar-refractivity contribution is 7.80. The highest BCUT2D eigenvalue weighted by Gasteiger charge is 2.31. The molecule has 1 rings (SSSR count). The zero-order valence-corrected chi connectivity index (χ0v) is 10.6. The van der Waals surface area contributed by atoms with Gasteiger partial charge >= 0.3 is 11.8 Å². The van der Waals surface area contributed by atoms with Crippen molar-refractivity contribution in [2.24, 2.45) is 5.73 Å². The molecule has 1 aliphatic heterocycles. The number of nitrogens with one attached hydrogen (secondary N) is 2. The van der Waals surface area contributed by atoms with Gasteiger partial charge in [-0.3, -0.25) is 9.59 Å². The van der Waals surface area contributed by atoms with Gasteiger partial charge in [-0.15, -0.1) is 0 Å². The second kappa shape index (κ2) is 5.92. The highest BCUT2D eigenvalue weighted by atomic mass is 32.1. The Morgan fingerprint density at radius 3 is 2.71 bits per heavy atom. The Kier molecular flexibility index (Phi) is 4.83. The third-order valence-electron chi connectivity index (χ3n) is 2.48. The molecule has 96 valence electrons. The van der Waals surface area contributed by atoms with Crippen LogP contribution in [0.25, 0.3) is 0 Å². The minimum Gasteiger partial charge on any atom is -0.392 e. The van der Waals surface area contributed by atoms with Crippen LogP contribution in [0.5, 0.6) is 0 Å². The second-order valence-corrected chi connectivity index (χ2v) is 4.84. The van der Waals surface area contributed by atoms with Crippen molar-refractivity contribution in [3.63, 3.8) is 0 Å². The second-order valence-electron chi connectivity index (χ2n) is 4.32. The fourth-order valence-electron chi connectivity index (χ4n) is 1.61. The summed E-state index contributed by atoms with van der Waals surface area (Å²) in [6, 6.07) is 0. The SMILES string of the molecule is CC1(NC(=O)C(=O)NCC(N)=S)CCCOC1. The van der Waals surface area contributed by atoms with Gasteiger partial charge in [0.05, 0.1) is 23.7 Å². The molecule has 1 unspecified atom stereocenters. The Hall–Kier alpha value is -1.21. The van der Waals surface area contributed by atoms with Crippen LogP contribution in [-0.4, -0.2) is 42.1 Å². The monoisotopic (exact) mass is 259 g/mol. The molecule has 0 bridgehead atoms. The molecule has 6 nitrogen and oxygen atoms in total. The number of ether oxygens (including phenoxy) is 1. The van der Waals surface area contributed by atoms with E-state index in [0.29, 0.717) is 13.2 Å². The van der Waals surface area contributed by atoms with Crippen molar-refractivity contribution in [1.82, 2.24) is 10.6 Å². The van der Waals surface area contributed by atoms with Gasteiger partial charge in [0.1, 0.15) is 0 Å². The minimum absolute atomic E-state index is 0.0226. The Labute approximate surface area is 105 Å². The van der Waals surface area contributed by atoms with E-state index in [1.54, 1.807) is 0 Å². The van der Waals surface area contributed by atoms with Crippen LogP contribution < -0.4 is 16.4 Å². The predicted molar refractivity (Wildman–Crippen MR) is 66.4 cm³/mol. The van der Waals surface area contributed by atoms with Gasteiger partial charge in [0.15, 0.2) is 0 Å². The summed E-state index contributed by atoms with van der Waals surface area (Å²) in [4.78, 5) is 23.1. The van der Waals surface area contributed by atoms with Crippen molar-refractivity contribution < 1.29 is 14.3 Å². The molecule has 1 atom stereocenters. The molecule has 0 aromatic rings. The van der Waals surface area contributed by atoms with E-state index in [4.69, 9.17) is 10.5 Å². The van der Waals surface area contributed by atoms with Gasteiger partial charge in [-0.2, -0.15) is 0 Å². The van der Waals surface area contributed by atoms with Crippen LogP contribution >= 0.6 is 12.2 Å². The normalized spacial score (nSPS) is 23.8. The van der Waals surface area contributed by atoms with E-state index in [0.717, 1.165) is 12.8 Å². The van der Waals surface area contributed by atoms with Crippen LogP contribution in [0.3, 0.4) is 0 Å². The van der Waals surface area contributed by atoms with Gasteiger partial charge < -0.3 is 21.1 Å². The molecule has 1 aliphatic rings. The molecular weight excluding hydrogens is 242 g/mol. The molecule has 17 heavy (non-hydrogen) atoms. The number of carbonyl (C=O) groups is 2. The van der Waals surface area contributed by atoms with Gasteiger partial charge in [-0.1, -0.05) is 12.2 Å². The maximum absolute atomic E-state index is 11.6. The van der Waals surface area contributed by atoms with Crippen molar-refractivity contribution in [3.8, 4) is 0 Å². The number of amides is 2. The van der Waals surface area contributed by atoms with E-state index in [2.05, 4.69) is 22.9 Å². The third-order valence-corrected chi connectivity index (χ3v) is 2.63. The summed E-state index contributed by atoms with van der Waals surface area (Å²) in [7, 11) is 0. The molecule has 1 fully saturated rings. The van der Waals surface area contributed by atoms with Crippen molar-refractivity contribution in [1.29, 1.82) is 0 Å². The summed E-state index contributed by atoms with van der Waals surface area (Å²) in [5.41, 5.74) is 4.74. The van der Waals surface area contributed by atoms with Crippen LogP contribution in [0.2, 0.25) is 0 Å². The molecular formula is C10H17N3O3S. The summed E-state index contributed by atoms with van der Waals surface area (Å²) < 4.78 is 5.28. The lowest BCUT2D eigenvalue weighted by Crippen LogP contribution is -2.55. The van der Waals surface area contributed by atoms with Crippen LogP contribution in [-0.2, 0) is 14.3 Å². The lowest BCUT2D eigenvalue weighted by Gasteiger charge is -2.33. The quantitative estimate of drug-likeness (QED) is 0.450. The molecule has 2 amide bonds. The maximum Gasteiger partial charge on any atom is 0.309 e. The fraction of sp³-hybridized carbons (Fsp3) is 0.700. The average Bonchev–Trinajstić information content (AvgIpc) is 2.26. The van der Waals surface area contributed by atoms with Gasteiger partial charge in [0.25, 0.3) is 0 Å². The number of hydrogen-bond donors (Lipinski definition) is 3. The Balaban J connectivity index is 2.42. The molecule has 1 saturated heterocycles. The van der Waals surface area contributed by atoms with Crippen LogP contribution in [0.15, 0.2) is 0 Å². The first-order chi connectivity index (χ1) is 7.93. The highest BCUT2D eigenvalue weighted by Crippen LogP contribution is 2.17. The van der Waals surface area contributed by atoms with Crippen molar-refractivity contribution >= 4 is 29.0 Å². The smallest absolute Gasteiger partial charge is 0.309 e. The zero-order valence-electron chi connectivity index (χ0n) is 9.75. The largest absolute Gasteiger partial charge is 0.392 e. The Morgan fingerprint density at radius 1 is 1.47 bits per heavy atom. The lowest BCUT2D eigenvalue weighted by atomic mass is 9.95. The number of nitrogens with two attached hydrogens (primary N) is 1. The topological polar surface area (TPSA) is 93.5 Å². The first-order valence-corrected chi connectivity index (χ1v) is 5.80. The van der Waals surface area contributed by atoms with E-state index in [1.165, 1.54) is 0 Å². The summed E-state index contributed by atoms with van der Waals surface area (Å²) >= 11 is 4.60. The van der Waals surface area contributed by atoms with Gasteiger partial charge in [0, 0.05) is 6.61 Å². The first-order valence-electron chi connectivity index (χ1n) is 5.39. The molecule has 0 aromatic carbocycles. The molecule has 4 N–H and O–H groups in total. The maximum atomic E-state index is 11.6. The molecule has 1 heterocycles. The third kappa shape index (κ3) is 4.66. The van der Waals surface area contributed by atoms with Crippen LogP contribution in [0, 0.1) is 0 Å². The van der Waals surface area contributed by atoms with E-state index in [9.17, 15) is 9.59 Å². The molecule has 0 aliphatic carbocycles. The lowest BCUT2D eigenvalue weighted by molar-refractivity contribution is -0.141. The van der Waals surface area contributed by atoms with Gasteiger partial charge in [-0.05, 0) is 19.8 Å². The van der Waals surface area contributed by atoms with Gasteiger partial charge in [0.2, 0.25) is 0 Å². The summed E-state index contributed by atoms with van der Waals surface area (Å²) in [6.07, 6.45) is 1.66. The number of carbonyl (C=O) groups excluding carboxylic acids is 2. The van der Waals surface area contributed by atoms with E-state index >= 15 is 0 Å². The average molecular weight is 259 g/mol.